The molecular weight excluding hydrogens is 334 g/mol. The first kappa shape index (κ1) is 17.8. The first-order chi connectivity index (χ1) is 12.8. The molecule has 1 atom stereocenters. The normalized spacial score (nSPS) is 17.9. The van der Waals surface area contributed by atoms with Crippen molar-refractivity contribution in [2.24, 2.45) is 0 Å². The van der Waals surface area contributed by atoms with Crippen molar-refractivity contribution in [1.82, 2.24) is 14.5 Å². The fraction of sp³-hybridized carbons (Fsp3) is 0.391. The van der Waals surface area contributed by atoms with Crippen LogP contribution in [0.3, 0.4) is 0 Å². The molecule has 4 nitrogen and oxygen atoms in total. The molecule has 4 rings (SSSR count). The molecule has 2 aromatic carbocycles. The molecule has 0 radical (unpaired) electrons. The summed E-state index contributed by atoms with van der Waals surface area (Å²) in [5.74, 6) is 1.38. The monoisotopic (exact) mass is 361 g/mol. The molecule has 0 N–H and O–H groups in total. The largest absolute Gasteiger partial charge is 0.337 e. The van der Waals surface area contributed by atoms with E-state index in [1.54, 1.807) is 0 Å². The van der Waals surface area contributed by atoms with Gasteiger partial charge in [-0.2, -0.15) is 0 Å². The Morgan fingerprint density at radius 3 is 2.48 bits per heavy atom. The number of rotatable bonds is 3. The number of benzene rings is 2. The van der Waals surface area contributed by atoms with Crippen molar-refractivity contribution in [2.45, 2.75) is 52.1 Å². The summed E-state index contributed by atoms with van der Waals surface area (Å²) in [5, 5.41) is 0. The molecule has 0 spiro atoms. The van der Waals surface area contributed by atoms with Gasteiger partial charge in [-0.3, -0.25) is 4.79 Å². The minimum absolute atomic E-state index is 0.133. The number of nitrogens with zero attached hydrogens (tertiary/aromatic N) is 3. The fourth-order valence-corrected chi connectivity index (χ4v) is 4.06. The standard InChI is InChI=1S/C23H27N3O/c1-16-9-5-6-10-17(16)14-25-20-12-8-7-11-19(20)24-22(25)18-13-21(27)26(15-18)23(2,3)4/h5-12,18H,13-15H2,1-4H3/t18-/m1/s1. The molecule has 1 aliphatic rings. The predicted octanol–water partition coefficient (Wildman–Crippen LogP) is 4.51. The van der Waals surface area contributed by atoms with Gasteiger partial charge in [0.05, 0.1) is 11.0 Å². The highest BCUT2D eigenvalue weighted by Crippen LogP contribution is 2.34. The van der Waals surface area contributed by atoms with E-state index < -0.39 is 0 Å². The van der Waals surface area contributed by atoms with Crippen LogP contribution in [0, 0.1) is 6.92 Å². The predicted molar refractivity (Wildman–Crippen MR) is 109 cm³/mol. The zero-order valence-corrected chi connectivity index (χ0v) is 16.6. The summed E-state index contributed by atoms with van der Waals surface area (Å²) in [6, 6.07) is 16.8. The maximum atomic E-state index is 12.6. The van der Waals surface area contributed by atoms with Crippen molar-refractivity contribution in [2.75, 3.05) is 6.54 Å². The summed E-state index contributed by atoms with van der Waals surface area (Å²) in [7, 11) is 0. The van der Waals surface area contributed by atoms with Crippen LogP contribution in [0.5, 0.6) is 0 Å². The lowest BCUT2D eigenvalue weighted by molar-refractivity contribution is -0.131. The lowest BCUT2D eigenvalue weighted by Crippen LogP contribution is -2.42. The highest BCUT2D eigenvalue weighted by molar-refractivity contribution is 5.81. The van der Waals surface area contributed by atoms with Gasteiger partial charge in [0, 0.05) is 31.0 Å². The lowest BCUT2D eigenvalue weighted by atomic mass is 10.1. The Balaban J connectivity index is 1.77. The molecule has 3 aromatic rings. The van der Waals surface area contributed by atoms with Gasteiger partial charge < -0.3 is 9.47 Å². The molecule has 1 aromatic heterocycles. The number of imidazole rings is 1. The molecule has 1 amide bonds. The van der Waals surface area contributed by atoms with Gasteiger partial charge >= 0.3 is 0 Å². The number of hydrogen-bond donors (Lipinski definition) is 0. The van der Waals surface area contributed by atoms with Gasteiger partial charge in [0.25, 0.3) is 0 Å². The van der Waals surface area contributed by atoms with Crippen molar-refractivity contribution in [3.8, 4) is 0 Å². The number of para-hydroxylation sites is 2. The van der Waals surface area contributed by atoms with Crippen LogP contribution in [-0.2, 0) is 11.3 Å². The summed E-state index contributed by atoms with van der Waals surface area (Å²) in [6.45, 7) is 9.97. The van der Waals surface area contributed by atoms with Crippen LogP contribution in [0.15, 0.2) is 48.5 Å². The molecule has 1 saturated heterocycles. The van der Waals surface area contributed by atoms with Crippen LogP contribution >= 0.6 is 0 Å². The minimum atomic E-state index is -0.154. The third kappa shape index (κ3) is 3.25. The maximum Gasteiger partial charge on any atom is 0.223 e. The Morgan fingerprint density at radius 2 is 1.78 bits per heavy atom. The van der Waals surface area contributed by atoms with Gasteiger partial charge in [0.1, 0.15) is 5.82 Å². The van der Waals surface area contributed by atoms with Crippen LogP contribution in [0.2, 0.25) is 0 Å². The average molecular weight is 361 g/mol. The summed E-state index contributed by atoms with van der Waals surface area (Å²) >= 11 is 0. The third-order valence-electron chi connectivity index (χ3n) is 5.57. The molecule has 2 heterocycles. The number of amides is 1. The molecule has 0 unspecified atom stereocenters. The number of carbonyl (C=O) groups excluding carboxylic acids is 1. The first-order valence-corrected chi connectivity index (χ1v) is 9.65. The van der Waals surface area contributed by atoms with E-state index in [1.807, 2.05) is 11.0 Å². The third-order valence-corrected chi connectivity index (χ3v) is 5.57. The summed E-state index contributed by atoms with van der Waals surface area (Å²) in [6.07, 6.45) is 0.536. The van der Waals surface area contributed by atoms with Gasteiger partial charge in [-0.05, 0) is 51.0 Å². The van der Waals surface area contributed by atoms with E-state index >= 15 is 0 Å². The second-order valence-corrected chi connectivity index (χ2v) is 8.55. The fourth-order valence-electron chi connectivity index (χ4n) is 4.06. The molecule has 1 fully saturated rings. The number of fused-ring (bicyclic) bond motifs is 1. The molecule has 0 aliphatic carbocycles. The molecule has 0 saturated carbocycles. The Morgan fingerprint density at radius 1 is 1.07 bits per heavy atom. The van der Waals surface area contributed by atoms with Gasteiger partial charge in [-0.25, -0.2) is 4.98 Å². The minimum Gasteiger partial charge on any atom is -0.337 e. The second-order valence-electron chi connectivity index (χ2n) is 8.55. The summed E-state index contributed by atoms with van der Waals surface area (Å²) in [4.78, 5) is 19.6. The first-order valence-electron chi connectivity index (χ1n) is 9.65. The highest BCUT2D eigenvalue weighted by atomic mass is 16.2. The van der Waals surface area contributed by atoms with Crippen LogP contribution in [-0.4, -0.2) is 32.4 Å². The van der Waals surface area contributed by atoms with E-state index in [-0.39, 0.29) is 17.4 Å². The Bertz CT molecular complexity index is 996. The van der Waals surface area contributed by atoms with Crippen LogP contribution < -0.4 is 0 Å². The number of aromatic nitrogens is 2. The second kappa shape index (κ2) is 6.52. The van der Waals surface area contributed by atoms with Crippen LogP contribution in [0.4, 0.5) is 0 Å². The van der Waals surface area contributed by atoms with Gasteiger partial charge in [-0.15, -0.1) is 0 Å². The van der Waals surface area contributed by atoms with Crippen molar-refractivity contribution >= 4 is 16.9 Å². The molecule has 0 bridgehead atoms. The number of likely N-dealkylation sites (tertiary alicyclic amines) is 1. The van der Waals surface area contributed by atoms with Crippen molar-refractivity contribution in [3.63, 3.8) is 0 Å². The van der Waals surface area contributed by atoms with Gasteiger partial charge in [-0.1, -0.05) is 36.4 Å². The molecule has 1 aliphatic heterocycles. The zero-order valence-electron chi connectivity index (χ0n) is 16.6. The Labute approximate surface area is 160 Å². The molecular formula is C23H27N3O. The quantitative estimate of drug-likeness (QED) is 0.688. The summed E-state index contributed by atoms with van der Waals surface area (Å²) < 4.78 is 2.31. The Hall–Kier alpha value is -2.62. The zero-order chi connectivity index (χ0) is 19.2. The SMILES string of the molecule is Cc1ccccc1Cn1c([C@@H]2CC(=O)N(C(C)(C)C)C2)nc2ccccc21. The number of hydrogen-bond acceptors (Lipinski definition) is 2. The van der Waals surface area contributed by atoms with E-state index in [0.29, 0.717) is 6.42 Å². The number of aryl methyl sites for hydroxylation is 1. The van der Waals surface area contributed by atoms with Crippen LogP contribution in [0.1, 0.15) is 50.1 Å². The molecule has 27 heavy (non-hydrogen) atoms. The van der Waals surface area contributed by atoms with E-state index in [1.165, 1.54) is 11.1 Å². The van der Waals surface area contributed by atoms with Crippen molar-refractivity contribution < 1.29 is 4.79 Å². The summed E-state index contributed by atoms with van der Waals surface area (Å²) in [5.41, 5.74) is 4.55. The van der Waals surface area contributed by atoms with E-state index in [9.17, 15) is 4.79 Å². The van der Waals surface area contributed by atoms with E-state index in [2.05, 4.69) is 74.7 Å². The van der Waals surface area contributed by atoms with Crippen molar-refractivity contribution in [3.05, 3.63) is 65.5 Å². The average Bonchev–Trinajstić information content (AvgIpc) is 3.18. The van der Waals surface area contributed by atoms with Gasteiger partial charge in [0.15, 0.2) is 0 Å². The molecule has 4 heteroatoms. The Kier molecular flexibility index (Phi) is 4.29. The highest BCUT2D eigenvalue weighted by Gasteiger charge is 2.39. The van der Waals surface area contributed by atoms with Crippen molar-refractivity contribution in [1.29, 1.82) is 0 Å². The smallest absolute Gasteiger partial charge is 0.223 e. The number of carbonyl (C=O) groups is 1. The topological polar surface area (TPSA) is 38.1 Å². The van der Waals surface area contributed by atoms with E-state index in [4.69, 9.17) is 4.98 Å². The van der Waals surface area contributed by atoms with Gasteiger partial charge in [0.2, 0.25) is 5.91 Å². The molecule has 140 valence electrons. The van der Waals surface area contributed by atoms with Crippen LogP contribution in [0.25, 0.3) is 11.0 Å². The lowest BCUT2D eigenvalue weighted by Gasteiger charge is -2.32. The van der Waals surface area contributed by atoms with E-state index in [0.717, 1.165) is 29.9 Å². The maximum absolute atomic E-state index is 12.6.